The first-order valence-electron chi connectivity index (χ1n) is 9.64. The molecule has 1 aromatic heterocycles. The van der Waals surface area contributed by atoms with E-state index in [0.29, 0.717) is 30.4 Å². The summed E-state index contributed by atoms with van der Waals surface area (Å²) >= 11 is 0. The molecule has 0 radical (unpaired) electrons. The zero-order valence-corrected chi connectivity index (χ0v) is 16.8. The van der Waals surface area contributed by atoms with Gasteiger partial charge in [-0.1, -0.05) is 31.8 Å². The Labute approximate surface area is 161 Å². The Hall–Kier alpha value is -1.77. The maximum atomic E-state index is 12.8. The molecule has 1 aromatic carbocycles. The molecule has 1 aliphatic rings. The molecule has 1 saturated carbocycles. The molecule has 0 amide bonds. The second-order valence-corrected chi connectivity index (χ2v) is 9.15. The smallest absolute Gasteiger partial charge is 0.257 e. The Kier molecular flexibility index (Phi) is 5.98. The second kappa shape index (κ2) is 8.08. The van der Waals surface area contributed by atoms with E-state index < -0.39 is 15.6 Å². The van der Waals surface area contributed by atoms with Crippen molar-refractivity contribution >= 4 is 10.0 Å². The van der Waals surface area contributed by atoms with Crippen LogP contribution in [0.25, 0.3) is 11.5 Å². The van der Waals surface area contributed by atoms with Crippen LogP contribution in [0.2, 0.25) is 0 Å². The van der Waals surface area contributed by atoms with Crippen molar-refractivity contribution in [3.8, 4) is 11.5 Å². The fourth-order valence-electron chi connectivity index (χ4n) is 3.54. The fraction of sp³-hybridized carbons (Fsp3) is 0.579. The number of benzene rings is 1. The van der Waals surface area contributed by atoms with E-state index in [-0.39, 0.29) is 4.90 Å². The minimum Gasteiger partial charge on any atom is -0.334 e. The predicted molar refractivity (Wildman–Crippen MR) is 103 cm³/mol. The Morgan fingerprint density at radius 1 is 1.11 bits per heavy atom. The number of rotatable bonds is 8. The maximum absolute atomic E-state index is 12.8. The highest BCUT2D eigenvalue weighted by Crippen LogP contribution is 2.35. The number of hydrogen-bond acceptors (Lipinski definition) is 6. The minimum atomic E-state index is -3.50. The highest BCUT2D eigenvalue weighted by atomic mass is 32.2. The van der Waals surface area contributed by atoms with Crippen molar-refractivity contribution in [2.24, 2.45) is 5.73 Å². The minimum absolute atomic E-state index is 0.277. The molecular formula is C19H28N4O3S. The largest absolute Gasteiger partial charge is 0.334 e. The average molecular weight is 393 g/mol. The third kappa shape index (κ3) is 4.07. The zero-order chi connectivity index (χ0) is 19.5. The molecule has 27 heavy (non-hydrogen) atoms. The summed E-state index contributed by atoms with van der Waals surface area (Å²) in [5.74, 6) is 0.897. The molecule has 0 aliphatic heterocycles. The first-order valence-corrected chi connectivity index (χ1v) is 11.1. The lowest BCUT2D eigenvalue weighted by atomic mass is 9.99. The predicted octanol–water partition coefficient (Wildman–Crippen LogP) is 3.28. The summed E-state index contributed by atoms with van der Waals surface area (Å²) in [4.78, 5) is 4.73. The van der Waals surface area contributed by atoms with Crippen molar-refractivity contribution in [2.45, 2.75) is 62.8 Å². The zero-order valence-electron chi connectivity index (χ0n) is 16.0. The van der Waals surface area contributed by atoms with Crippen molar-refractivity contribution in [1.29, 1.82) is 0 Å². The normalized spacial score (nSPS) is 16.9. The van der Waals surface area contributed by atoms with Crippen LogP contribution in [-0.2, 0) is 15.6 Å². The molecule has 0 spiro atoms. The van der Waals surface area contributed by atoms with Gasteiger partial charge < -0.3 is 10.3 Å². The van der Waals surface area contributed by atoms with E-state index in [2.05, 4.69) is 10.1 Å². The lowest BCUT2D eigenvalue weighted by Gasteiger charge is -2.21. The van der Waals surface area contributed by atoms with Gasteiger partial charge in [-0.25, -0.2) is 8.42 Å². The quantitative estimate of drug-likeness (QED) is 0.739. The van der Waals surface area contributed by atoms with Crippen LogP contribution >= 0.6 is 0 Å². The molecule has 0 unspecified atom stereocenters. The fourth-order valence-corrected chi connectivity index (χ4v) is 5.17. The summed E-state index contributed by atoms with van der Waals surface area (Å²) in [5, 5.41) is 4.06. The SMILES string of the molecule is CCCN(CCC)S(=O)(=O)c1ccc(-c2nc(C3(N)CCCC3)no2)cc1. The molecule has 8 heteroatoms. The molecule has 1 fully saturated rings. The van der Waals surface area contributed by atoms with Crippen molar-refractivity contribution in [3.05, 3.63) is 30.1 Å². The van der Waals surface area contributed by atoms with Crippen LogP contribution in [0.4, 0.5) is 0 Å². The van der Waals surface area contributed by atoms with Gasteiger partial charge in [0, 0.05) is 18.7 Å². The molecule has 7 nitrogen and oxygen atoms in total. The molecule has 1 heterocycles. The Bertz CT molecular complexity index is 849. The summed E-state index contributed by atoms with van der Waals surface area (Å²) in [6, 6.07) is 6.61. The van der Waals surface area contributed by atoms with Gasteiger partial charge in [0.1, 0.15) is 0 Å². The van der Waals surface area contributed by atoms with E-state index in [0.717, 1.165) is 38.5 Å². The number of sulfonamides is 1. The van der Waals surface area contributed by atoms with Crippen molar-refractivity contribution in [2.75, 3.05) is 13.1 Å². The van der Waals surface area contributed by atoms with Crippen molar-refractivity contribution in [1.82, 2.24) is 14.4 Å². The second-order valence-electron chi connectivity index (χ2n) is 7.21. The summed E-state index contributed by atoms with van der Waals surface area (Å²) in [6.07, 6.45) is 5.41. The summed E-state index contributed by atoms with van der Waals surface area (Å²) in [7, 11) is -3.50. The first-order chi connectivity index (χ1) is 12.9. The first kappa shape index (κ1) is 20.0. The average Bonchev–Trinajstić information content (AvgIpc) is 3.32. The lowest BCUT2D eigenvalue weighted by molar-refractivity contribution is 0.372. The van der Waals surface area contributed by atoms with Crippen molar-refractivity contribution < 1.29 is 12.9 Å². The number of aromatic nitrogens is 2. The maximum Gasteiger partial charge on any atom is 0.257 e. The molecular weight excluding hydrogens is 364 g/mol. The Morgan fingerprint density at radius 2 is 1.70 bits per heavy atom. The van der Waals surface area contributed by atoms with Crippen LogP contribution in [0.1, 0.15) is 58.2 Å². The number of nitrogens with zero attached hydrogens (tertiary/aromatic N) is 3. The molecule has 2 aromatic rings. The third-order valence-electron chi connectivity index (χ3n) is 5.05. The monoisotopic (exact) mass is 392 g/mol. The highest BCUT2D eigenvalue weighted by molar-refractivity contribution is 7.89. The van der Waals surface area contributed by atoms with Crippen LogP contribution in [0, 0.1) is 0 Å². The van der Waals surface area contributed by atoms with E-state index >= 15 is 0 Å². The number of nitrogens with two attached hydrogens (primary N) is 1. The molecule has 0 atom stereocenters. The summed E-state index contributed by atoms with van der Waals surface area (Å²) in [6.45, 7) is 4.99. The van der Waals surface area contributed by atoms with E-state index in [1.165, 1.54) is 4.31 Å². The van der Waals surface area contributed by atoms with Gasteiger partial charge in [-0.2, -0.15) is 9.29 Å². The van der Waals surface area contributed by atoms with Crippen LogP contribution in [0.15, 0.2) is 33.7 Å². The third-order valence-corrected chi connectivity index (χ3v) is 6.97. The van der Waals surface area contributed by atoms with Crippen LogP contribution < -0.4 is 5.73 Å². The van der Waals surface area contributed by atoms with Crippen molar-refractivity contribution in [3.63, 3.8) is 0 Å². The Morgan fingerprint density at radius 3 is 2.26 bits per heavy atom. The molecule has 1 aliphatic carbocycles. The van der Waals surface area contributed by atoms with E-state index in [4.69, 9.17) is 10.3 Å². The summed E-state index contributed by atoms with van der Waals surface area (Å²) < 4.78 is 32.6. The van der Waals surface area contributed by atoms with E-state index in [1.807, 2.05) is 13.8 Å². The lowest BCUT2D eigenvalue weighted by Crippen LogP contribution is -2.34. The molecule has 2 N–H and O–H groups in total. The Balaban J connectivity index is 1.82. The van der Waals surface area contributed by atoms with Gasteiger partial charge in [-0.05, 0) is 49.9 Å². The van der Waals surface area contributed by atoms with Gasteiger partial charge >= 0.3 is 0 Å². The van der Waals surface area contributed by atoms with Gasteiger partial charge in [0.05, 0.1) is 10.4 Å². The van der Waals surface area contributed by atoms with Crippen LogP contribution in [0.3, 0.4) is 0 Å². The molecule has 0 saturated heterocycles. The molecule has 3 rings (SSSR count). The van der Waals surface area contributed by atoms with Gasteiger partial charge in [0.2, 0.25) is 10.0 Å². The topological polar surface area (TPSA) is 102 Å². The van der Waals surface area contributed by atoms with E-state index in [9.17, 15) is 8.42 Å². The van der Waals surface area contributed by atoms with Gasteiger partial charge in [-0.3, -0.25) is 0 Å². The molecule has 0 bridgehead atoms. The highest BCUT2D eigenvalue weighted by Gasteiger charge is 2.36. The summed E-state index contributed by atoms with van der Waals surface area (Å²) in [5.41, 5.74) is 6.55. The molecule has 148 valence electrons. The van der Waals surface area contributed by atoms with Gasteiger partial charge in [0.15, 0.2) is 5.82 Å². The van der Waals surface area contributed by atoms with Gasteiger partial charge in [-0.15, -0.1) is 0 Å². The standard InChI is InChI=1S/C19H28N4O3S/c1-3-13-23(14-4-2)27(24,25)16-9-7-15(8-10-16)17-21-18(22-26-17)19(20)11-5-6-12-19/h7-10H,3-6,11-14,20H2,1-2H3. The van der Waals surface area contributed by atoms with Crippen LogP contribution in [0.5, 0.6) is 0 Å². The van der Waals surface area contributed by atoms with Gasteiger partial charge in [0.25, 0.3) is 5.89 Å². The van der Waals surface area contributed by atoms with Crippen LogP contribution in [-0.4, -0.2) is 36.0 Å². The number of hydrogen-bond donors (Lipinski definition) is 1. The van der Waals surface area contributed by atoms with E-state index in [1.54, 1.807) is 24.3 Å².